The summed E-state index contributed by atoms with van der Waals surface area (Å²) in [4.78, 5) is 0. The second-order valence-corrected chi connectivity index (χ2v) is 2.30. The van der Waals surface area contributed by atoms with Crippen LogP contribution in [0.2, 0.25) is 0 Å². The van der Waals surface area contributed by atoms with Crippen LogP contribution in [0.15, 0.2) is 6.20 Å². The van der Waals surface area contributed by atoms with Gasteiger partial charge in [-0.3, -0.25) is 0 Å². The van der Waals surface area contributed by atoms with Crippen molar-refractivity contribution in [1.82, 2.24) is 9.59 Å². The molecule has 0 bridgehead atoms. The Balaban J connectivity index is -0.0000000450. The van der Waals surface area contributed by atoms with Crippen molar-refractivity contribution in [3.05, 3.63) is 10.0 Å². The molecule has 1 heterocycles. The van der Waals surface area contributed by atoms with Crippen LogP contribution in [0.5, 0.6) is 0 Å². The number of nitrogens with one attached hydrogen (secondary N) is 1. The topological polar surface area (TPSA) is 28.7 Å². The van der Waals surface area contributed by atoms with Gasteiger partial charge in [-0.1, -0.05) is 12.2 Å². The number of rotatable bonds is 0. The average Bonchev–Trinajstić information content (AvgIpc) is 1.86. The standard InChI is InChI=1S/C2H2N2S2.2Na.2H/c5-2-1-3-4-6-2;;;;/h1,4H;;;;/q;2*+1;2*-1. The largest absolute Gasteiger partial charge is 1.00 e. The van der Waals surface area contributed by atoms with E-state index in [4.69, 9.17) is 0 Å². The summed E-state index contributed by atoms with van der Waals surface area (Å²) >= 11 is 6.03. The molecule has 0 spiro atoms. The first-order valence-corrected chi connectivity index (χ1v) is 2.61. The number of hydrogen-bond donors (Lipinski definition) is 1. The van der Waals surface area contributed by atoms with E-state index >= 15 is 0 Å². The van der Waals surface area contributed by atoms with E-state index in [1.807, 2.05) is 0 Å². The molecule has 2 nitrogen and oxygen atoms in total. The molecule has 0 amide bonds. The van der Waals surface area contributed by atoms with Crippen LogP contribution in [-0.2, 0) is 0 Å². The fourth-order valence-corrected chi connectivity index (χ4v) is 0.642. The molecule has 0 aliphatic rings. The minimum atomic E-state index is 0. The summed E-state index contributed by atoms with van der Waals surface area (Å²) in [7, 11) is 0. The van der Waals surface area contributed by atoms with Gasteiger partial charge in [-0.05, 0) is 11.5 Å². The molecule has 1 rings (SSSR count). The molecule has 0 aliphatic carbocycles. The molecule has 8 heavy (non-hydrogen) atoms. The zero-order chi connectivity index (χ0) is 4.41. The molecular weight excluding hydrogens is 162 g/mol. The molecule has 0 saturated heterocycles. The van der Waals surface area contributed by atoms with Gasteiger partial charge in [-0.15, -0.1) is 0 Å². The number of aromatic nitrogens is 2. The Labute approximate surface area is 104 Å². The van der Waals surface area contributed by atoms with Gasteiger partial charge in [-0.2, -0.15) is 5.10 Å². The quantitative estimate of drug-likeness (QED) is 0.310. The van der Waals surface area contributed by atoms with Gasteiger partial charge in [0.2, 0.25) is 0 Å². The molecule has 0 aromatic carbocycles. The van der Waals surface area contributed by atoms with Crippen molar-refractivity contribution in [1.29, 1.82) is 0 Å². The van der Waals surface area contributed by atoms with E-state index in [1.165, 1.54) is 11.5 Å². The third-order valence-corrected chi connectivity index (χ3v) is 1.23. The van der Waals surface area contributed by atoms with Crippen LogP contribution in [0.3, 0.4) is 0 Å². The van der Waals surface area contributed by atoms with Crippen LogP contribution in [0.4, 0.5) is 0 Å². The summed E-state index contributed by atoms with van der Waals surface area (Å²) in [5.74, 6) is 0. The first-order valence-electron chi connectivity index (χ1n) is 1.38. The van der Waals surface area contributed by atoms with Crippen molar-refractivity contribution in [2.75, 3.05) is 0 Å². The van der Waals surface area contributed by atoms with Crippen LogP contribution in [0.1, 0.15) is 2.85 Å². The maximum Gasteiger partial charge on any atom is 1.00 e. The second kappa shape index (κ2) is 6.89. The molecule has 0 radical (unpaired) electrons. The number of H-pyrrole nitrogens is 1. The Bertz CT molecular complexity index is 161. The summed E-state index contributed by atoms with van der Waals surface area (Å²) in [6.45, 7) is 0. The van der Waals surface area contributed by atoms with Crippen LogP contribution < -0.4 is 59.1 Å². The summed E-state index contributed by atoms with van der Waals surface area (Å²) in [5, 5.41) is 3.61. The minimum absolute atomic E-state index is 0. The van der Waals surface area contributed by atoms with E-state index in [0.717, 1.165) is 3.82 Å². The van der Waals surface area contributed by atoms with E-state index in [1.54, 1.807) is 6.20 Å². The van der Waals surface area contributed by atoms with Gasteiger partial charge in [0.25, 0.3) is 0 Å². The van der Waals surface area contributed by atoms with Crippen LogP contribution >= 0.6 is 23.8 Å². The van der Waals surface area contributed by atoms with Crippen molar-refractivity contribution < 1.29 is 62.0 Å². The molecule has 1 aromatic heterocycles. The zero-order valence-electron chi connectivity index (χ0n) is 6.84. The molecule has 6 heteroatoms. The molecule has 0 unspecified atom stereocenters. The molecule has 0 aliphatic heterocycles. The van der Waals surface area contributed by atoms with Gasteiger partial charge in [0.1, 0.15) is 3.82 Å². The predicted octanol–water partition coefficient (Wildman–Crippen LogP) is -4.57. The van der Waals surface area contributed by atoms with Crippen LogP contribution in [0.25, 0.3) is 0 Å². The number of aromatic amines is 1. The van der Waals surface area contributed by atoms with E-state index in [9.17, 15) is 0 Å². The Morgan fingerprint density at radius 3 is 2.50 bits per heavy atom. The van der Waals surface area contributed by atoms with Crippen LogP contribution in [0, 0.1) is 3.82 Å². The maximum atomic E-state index is 4.67. The second-order valence-electron chi connectivity index (χ2n) is 0.771. The smallest absolute Gasteiger partial charge is 1.00 e. The van der Waals surface area contributed by atoms with Gasteiger partial charge in [0.05, 0.1) is 6.20 Å². The molecule has 36 valence electrons. The van der Waals surface area contributed by atoms with E-state index in [2.05, 4.69) is 21.8 Å². The van der Waals surface area contributed by atoms with Gasteiger partial charge in [0, 0.05) is 0 Å². The Morgan fingerprint density at radius 2 is 2.38 bits per heavy atom. The molecule has 1 N–H and O–H groups in total. The fourth-order valence-electron chi connectivity index (χ4n) is 0.177. The first kappa shape index (κ1) is 12.5. The average molecular weight is 166 g/mol. The molecular formula is C2H4N2Na2S2. The molecule has 1 aromatic rings. The Kier molecular flexibility index (Phi) is 10.7. The molecule has 0 saturated carbocycles. The van der Waals surface area contributed by atoms with E-state index in [0.29, 0.717) is 0 Å². The van der Waals surface area contributed by atoms with Gasteiger partial charge < -0.3 is 2.85 Å². The van der Waals surface area contributed by atoms with Crippen molar-refractivity contribution in [3.8, 4) is 0 Å². The SMILES string of the molecule is S=c1cn[nH]s1.[H-].[H-].[Na+].[Na+]. The van der Waals surface area contributed by atoms with Crippen molar-refractivity contribution in [2.24, 2.45) is 0 Å². The Morgan fingerprint density at radius 1 is 1.75 bits per heavy atom. The van der Waals surface area contributed by atoms with Gasteiger partial charge in [-0.25, -0.2) is 4.49 Å². The third kappa shape index (κ3) is 4.64. The number of hydrogen-bond acceptors (Lipinski definition) is 3. The monoisotopic (exact) mass is 166 g/mol. The summed E-state index contributed by atoms with van der Waals surface area (Å²) in [5.41, 5.74) is 0. The molecule has 0 atom stereocenters. The predicted molar refractivity (Wildman–Crippen MR) is 29.5 cm³/mol. The number of nitrogens with zero attached hydrogens (tertiary/aromatic N) is 1. The normalized spacial score (nSPS) is 6.50. The summed E-state index contributed by atoms with van der Waals surface area (Å²) in [6.07, 6.45) is 1.61. The van der Waals surface area contributed by atoms with Crippen molar-refractivity contribution >= 4 is 23.8 Å². The van der Waals surface area contributed by atoms with Gasteiger partial charge >= 0.3 is 59.1 Å². The summed E-state index contributed by atoms with van der Waals surface area (Å²) in [6, 6.07) is 0. The van der Waals surface area contributed by atoms with Crippen LogP contribution in [-0.4, -0.2) is 9.59 Å². The maximum absolute atomic E-state index is 4.67. The Hall–Kier alpha value is 1.78. The fraction of sp³-hybridized carbons (Fsp3) is 0. The van der Waals surface area contributed by atoms with Gasteiger partial charge in [0.15, 0.2) is 0 Å². The van der Waals surface area contributed by atoms with E-state index < -0.39 is 0 Å². The first-order chi connectivity index (χ1) is 2.89. The third-order valence-electron chi connectivity index (χ3n) is 0.369. The summed E-state index contributed by atoms with van der Waals surface area (Å²) < 4.78 is 3.42. The zero-order valence-corrected chi connectivity index (χ0v) is 10.5. The van der Waals surface area contributed by atoms with E-state index in [-0.39, 0.29) is 62.0 Å². The minimum Gasteiger partial charge on any atom is -1.00 e. The molecule has 0 fully saturated rings. The van der Waals surface area contributed by atoms with Crippen molar-refractivity contribution in [3.63, 3.8) is 0 Å². The van der Waals surface area contributed by atoms with Crippen molar-refractivity contribution in [2.45, 2.75) is 0 Å².